The van der Waals surface area contributed by atoms with Crippen LogP contribution in [0, 0.1) is 46.3 Å². The van der Waals surface area contributed by atoms with Crippen molar-refractivity contribution in [3.8, 4) is 0 Å². The first kappa shape index (κ1) is 31.3. The summed E-state index contributed by atoms with van der Waals surface area (Å²) in [7, 11) is -4.44. The molecule has 0 unspecified atom stereocenters. The van der Waals surface area contributed by atoms with Crippen LogP contribution in [0.1, 0.15) is 125 Å². The van der Waals surface area contributed by atoms with E-state index >= 15 is 0 Å². The molecule has 39 heavy (non-hydrogen) atoms. The van der Waals surface area contributed by atoms with E-state index in [9.17, 15) is 9.36 Å². The summed E-state index contributed by atoms with van der Waals surface area (Å²) < 4.78 is 21.1. The predicted octanol–water partition coefficient (Wildman–Crippen LogP) is 8.22. The normalized spacial score (nSPS) is 37.0. The fourth-order valence-corrected chi connectivity index (χ4v) is 9.92. The minimum Gasteiger partial charge on any atom is -0.462 e. The molecule has 0 aliphatic heterocycles. The SMILES string of the molecule is CC(C)CCC[C@@H](C)[C@H]1CC[C@H]2[C@@H]3CC=C4C[C@@H](OC(=O)CCCCOP(=O)(O)O)CC[C@]4(C)[C@H]3CC[C@]12C. The molecule has 0 amide bonds. The van der Waals surface area contributed by atoms with Gasteiger partial charge in [0, 0.05) is 12.8 Å². The maximum Gasteiger partial charge on any atom is 0.469 e. The first-order valence-corrected chi connectivity index (χ1v) is 17.5. The van der Waals surface area contributed by atoms with Gasteiger partial charge in [-0.1, -0.05) is 65.5 Å². The molecule has 2 N–H and O–H groups in total. The largest absolute Gasteiger partial charge is 0.469 e. The third-order valence-corrected chi connectivity index (χ3v) is 12.1. The number of phosphoric ester groups is 1. The van der Waals surface area contributed by atoms with Gasteiger partial charge in [0.05, 0.1) is 6.61 Å². The molecular formula is C32H55O6P. The summed E-state index contributed by atoms with van der Waals surface area (Å²) >= 11 is 0. The zero-order valence-corrected chi connectivity index (χ0v) is 26.1. The highest BCUT2D eigenvalue weighted by Gasteiger charge is 2.59. The predicted molar refractivity (Wildman–Crippen MR) is 155 cm³/mol. The number of allylic oxidation sites excluding steroid dienone is 1. The van der Waals surface area contributed by atoms with Crippen LogP contribution >= 0.6 is 7.82 Å². The molecule has 7 heteroatoms. The molecule has 3 saturated carbocycles. The zero-order valence-electron chi connectivity index (χ0n) is 25.2. The molecule has 0 aromatic rings. The number of fused-ring (bicyclic) bond motifs is 5. The summed E-state index contributed by atoms with van der Waals surface area (Å²) in [5.41, 5.74) is 2.28. The van der Waals surface area contributed by atoms with Gasteiger partial charge in [-0.3, -0.25) is 9.32 Å². The molecule has 0 aromatic carbocycles. The van der Waals surface area contributed by atoms with E-state index in [4.69, 9.17) is 14.5 Å². The Morgan fingerprint density at radius 1 is 1.03 bits per heavy atom. The lowest BCUT2D eigenvalue weighted by Crippen LogP contribution is -2.51. The first-order valence-electron chi connectivity index (χ1n) is 15.9. The van der Waals surface area contributed by atoms with Crippen molar-refractivity contribution in [3.05, 3.63) is 11.6 Å². The summed E-state index contributed by atoms with van der Waals surface area (Å²) in [5, 5.41) is 0. The summed E-state index contributed by atoms with van der Waals surface area (Å²) in [6, 6.07) is 0. The van der Waals surface area contributed by atoms with Crippen molar-refractivity contribution in [2.45, 2.75) is 131 Å². The number of carbonyl (C=O) groups excluding carboxylic acids is 1. The summed E-state index contributed by atoms with van der Waals surface area (Å²) in [4.78, 5) is 30.0. The fraction of sp³-hybridized carbons (Fsp3) is 0.906. The monoisotopic (exact) mass is 566 g/mol. The molecule has 8 atom stereocenters. The van der Waals surface area contributed by atoms with Crippen LogP contribution < -0.4 is 0 Å². The Labute approximate surface area is 237 Å². The van der Waals surface area contributed by atoms with E-state index in [0.717, 1.165) is 54.8 Å². The van der Waals surface area contributed by atoms with Crippen molar-refractivity contribution in [3.63, 3.8) is 0 Å². The quantitative estimate of drug-likeness (QED) is 0.107. The van der Waals surface area contributed by atoms with Gasteiger partial charge in [0.15, 0.2) is 0 Å². The van der Waals surface area contributed by atoms with Crippen LogP contribution in [-0.4, -0.2) is 28.5 Å². The maximum absolute atomic E-state index is 12.4. The molecule has 0 heterocycles. The lowest BCUT2D eigenvalue weighted by Gasteiger charge is -2.58. The van der Waals surface area contributed by atoms with Gasteiger partial charge >= 0.3 is 13.8 Å². The fourth-order valence-electron chi connectivity index (χ4n) is 9.55. The molecular weight excluding hydrogens is 511 g/mol. The molecule has 0 bridgehead atoms. The van der Waals surface area contributed by atoms with Gasteiger partial charge in [-0.15, -0.1) is 0 Å². The van der Waals surface area contributed by atoms with E-state index < -0.39 is 7.82 Å². The molecule has 4 aliphatic carbocycles. The molecule has 0 saturated heterocycles. The Morgan fingerprint density at radius 2 is 1.79 bits per heavy atom. The number of hydrogen-bond acceptors (Lipinski definition) is 4. The molecule has 0 aromatic heterocycles. The number of unbranched alkanes of at least 4 members (excludes halogenated alkanes) is 1. The Bertz CT molecular complexity index is 926. The third kappa shape index (κ3) is 7.22. The van der Waals surface area contributed by atoms with E-state index in [0.29, 0.717) is 18.3 Å². The van der Waals surface area contributed by atoms with E-state index in [1.807, 2.05) is 0 Å². The number of carbonyl (C=O) groups is 1. The van der Waals surface area contributed by atoms with E-state index in [1.54, 1.807) is 0 Å². The highest BCUT2D eigenvalue weighted by atomic mass is 31.2. The van der Waals surface area contributed by atoms with Gasteiger partial charge in [-0.05, 0) is 104 Å². The van der Waals surface area contributed by atoms with E-state index in [1.165, 1.54) is 56.9 Å². The molecule has 0 radical (unpaired) electrons. The third-order valence-electron chi connectivity index (χ3n) is 11.6. The molecule has 3 fully saturated rings. The number of ether oxygens (including phenoxy) is 1. The summed E-state index contributed by atoms with van der Waals surface area (Å²) in [6.45, 7) is 12.4. The van der Waals surface area contributed by atoms with Gasteiger partial charge in [0.25, 0.3) is 0 Å². The lowest BCUT2D eigenvalue weighted by molar-refractivity contribution is -0.151. The van der Waals surface area contributed by atoms with Crippen LogP contribution in [0.15, 0.2) is 11.6 Å². The van der Waals surface area contributed by atoms with Crippen molar-refractivity contribution in [1.29, 1.82) is 0 Å². The van der Waals surface area contributed by atoms with E-state index in [-0.39, 0.29) is 30.5 Å². The second kappa shape index (κ2) is 12.7. The molecule has 224 valence electrons. The Balaban J connectivity index is 1.31. The van der Waals surface area contributed by atoms with Gasteiger partial charge < -0.3 is 14.5 Å². The van der Waals surface area contributed by atoms with Crippen LogP contribution in [0.5, 0.6) is 0 Å². The number of rotatable bonds is 12. The summed E-state index contributed by atoms with van der Waals surface area (Å²) in [6.07, 6.45) is 17.5. The van der Waals surface area contributed by atoms with Crippen molar-refractivity contribution in [2.75, 3.05) is 6.61 Å². The van der Waals surface area contributed by atoms with Crippen LogP contribution in [0.4, 0.5) is 0 Å². The highest BCUT2D eigenvalue weighted by Crippen LogP contribution is 2.67. The van der Waals surface area contributed by atoms with E-state index in [2.05, 4.69) is 45.2 Å². The zero-order chi connectivity index (χ0) is 28.4. The van der Waals surface area contributed by atoms with Gasteiger partial charge in [0.1, 0.15) is 6.10 Å². The van der Waals surface area contributed by atoms with Gasteiger partial charge in [0.2, 0.25) is 0 Å². The minimum atomic E-state index is -4.44. The highest BCUT2D eigenvalue weighted by molar-refractivity contribution is 7.46. The molecule has 4 rings (SSSR count). The molecule has 4 aliphatic rings. The topological polar surface area (TPSA) is 93.1 Å². The second-order valence-electron chi connectivity index (χ2n) is 14.4. The van der Waals surface area contributed by atoms with Gasteiger partial charge in [-0.25, -0.2) is 4.57 Å². The van der Waals surface area contributed by atoms with Crippen molar-refractivity contribution < 1.29 is 28.4 Å². The van der Waals surface area contributed by atoms with Crippen molar-refractivity contribution in [2.24, 2.45) is 46.3 Å². The van der Waals surface area contributed by atoms with Gasteiger partial charge in [-0.2, -0.15) is 0 Å². The van der Waals surface area contributed by atoms with Crippen LogP contribution in [0.3, 0.4) is 0 Å². The maximum atomic E-state index is 12.4. The number of esters is 1. The van der Waals surface area contributed by atoms with Crippen LogP contribution in [0.25, 0.3) is 0 Å². The average molecular weight is 567 g/mol. The minimum absolute atomic E-state index is 0.0452. The summed E-state index contributed by atoms with van der Waals surface area (Å²) in [5.74, 6) is 4.74. The Morgan fingerprint density at radius 3 is 2.51 bits per heavy atom. The average Bonchev–Trinajstić information content (AvgIpc) is 3.20. The number of phosphoric acid groups is 1. The molecule has 0 spiro atoms. The standard InChI is InChI=1S/C32H55O6P/c1-22(2)9-8-10-23(3)27-14-15-28-26-13-12-24-21-25(38-30(33)11-6-7-20-37-39(34,35)36)16-18-31(24,4)29(26)17-19-32(27,28)5/h12,22-23,25-29H,6-11,13-21H2,1-5H3,(H2,34,35,36)/t23-,25+,26+,27-,28+,29+,31+,32-/m1/s1. The van der Waals surface area contributed by atoms with Crippen LogP contribution in [-0.2, 0) is 18.6 Å². The Kier molecular flexibility index (Phi) is 10.2. The second-order valence-corrected chi connectivity index (χ2v) is 15.7. The Hall–Kier alpha value is -0.680. The van der Waals surface area contributed by atoms with Crippen molar-refractivity contribution >= 4 is 13.8 Å². The molecule has 6 nitrogen and oxygen atoms in total. The smallest absolute Gasteiger partial charge is 0.462 e. The van der Waals surface area contributed by atoms with Crippen molar-refractivity contribution in [1.82, 2.24) is 0 Å². The number of hydrogen-bond donors (Lipinski definition) is 2. The first-order chi connectivity index (χ1) is 18.3. The van der Waals surface area contributed by atoms with Crippen LogP contribution in [0.2, 0.25) is 0 Å². The lowest BCUT2D eigenvalue weighted by atomic mass is 9.47.